The van der Waals surface area contributed by atoms with Crippen LogP contribution < -0.4 is 15.0 Å². The number of anilines is 3. The van der Waals surface area contributed by atoms with Crippen LogP contribution in [0.1, 0.15) is 12.8 Å². The molecular weight excluding hydrogens is 528 g/mol. The average molecular weight is 563 g/mol. The van der Waals surface area contributed by atoms with Gasteiger partial charge >= 0.3 is 0 Å². The van der Waals surface area contributed by atoms with Crippen LogP contribution in [0.2, 0.25) is 0 Å². The lowest BCUT2D eigenvalue weighted by molar-refractivity contribution is 0.0115. The van der Waals surface area contributed by atoms with E-state index in [1.165, 1.54) is 6.26 Å². The fourth-order valence-electron chi connectivity index (χ4n) is 5.70. The van der Waals surface area contributed by atoms with Gasteiger partial charge in [-0.2, -0.15) is 0 Å². The number of morpholine rings is 1. The molecule has 10 nitrogen and oxygen atoms in total. The van der Waals surface area contributed by atoms with Crippen LogP contribution in [0.15, 0.2) is 65.7 Å². The Kier molecular flexibility index (Phi) is 7.35. The average Bonchev–Trinajstić information content (AvgIpc) is 3.41. The predicted octanol–water partition coefficient (Wildman–Crippen LogP) is 3.85. The standard InChI is InChI=1S/C29H34N6O4S/c1-38-27-19-22(33-13-11-21(12-14-33)34-15-17-39-18-16-34)7-9-25(27)31-29-30-20-23-8-10-26(35(23)32-29)24-5-3-4-6-28(24)40(2,36)37/h3-10,19-21H,11-18H2,1-2H3,(H,31,32). The van der Waals surface area contributed by atoms with Crippen LogP contribution in [0.25, 0.3) is 16.8 Å². The minimum Gasteiger partial charge on any atom is -0.494 e. The number of ether oxygens (including phenoxy) is 2. The third-order valence-corrected chi connectivity index (χ3v) is 8.94. The number of hydrogen-bond donors (Lipinski definition) is 1. The van der Waals surface area contributed by atoms with Crippen molar-refractivity contribution in [2.24, 2.45) is 0 Å². The summed E-state index contributed by atoms with van der Waals surface area (Å²) in [6.45, 7) is 5.74. The SMILES string of the molecule is COc1cc(N2CCC(N3CCOCC3)CC2)ccc1Nc1ncc2ccc(-c3ccccc3S(C)(=O)=O)n2n1. The van der Waals surface area contributed by atoms with Gasteiger partial charge in [-0.25, -0.2) is 17.9 Å². The van der Waals surface area contributed by atoms with Crippen molar-refractivity contribution < 1.29 is 17.9 Å². The lowest BCUT2D eigenvalue weighted by Crippen LogP contribution is -2.49. The molecule has 0 bridgehead atoms. The van der Waals surface area contributed by atoms with Crippen LogP contribution in [0.3, 0.4) is 0 Å². The number of nitrogens with zero attached hydrogens (tertiary/aromatic N) is 5. The second kappa shape index (κ2) is 11.1. The van der Waals surface area contributed by atoms with Crippen LogP contribution in [0, 0.1) is 0 Å². The molecule has 0 aliphatic carbocycles. The molecule has 0 radical (unpaired) electrons. The van der Waals surface area contributed by atoms with E-state index in [9.17, 15) is 8.42 Å². The second-order valence-electron chi connectivity index (χ2n) is 10.3. The quantitative estimate of drug-likeness (QED) is 0.360. The predicted molar refractivity (Wildman–Crippen MR) is 155 cm³/mol. The summed E-state index contributed by atoms with van der Waals surface area (Å²) in [6.07, 6.45) is 5.20. The number of benzene rings is 2. The lowest BCUT2D eigenvalue weighted by atomic mass is 10.0. The van der Waals surface area contributed by atoms with Crippen molar-refractivity contribution >= 4 is 32.7 Å². The zero-order chi connectivity index (χ0) is 27.7. The Morgan fingerprint density at radius 1 is 1.00 bits per heavy atom. The first-order chi connectivity index (χ1) is 19.4. The molecular formula is C29H34N6O4S. The maximum Gasteiger partial charge on any atom is 0.245 e. The molecule has 2 fully saturated rings. The van der Waals surface area contributed by atoms with E-state index in [1.54, 1.807) is 36.0 Å². The number of methoxy groups -OCH3 is 1. The molecule has 0 unspecified atom stereocenters. The first-order valence-electron chi connectivity index (χ1n) is 13.6. The maximum atomic E-state index is 12.4. The summed E-state index contributed by atoms with van der Waals surface area (Å²) < 4.78 is 37.8. The number of piperidine rings is 1. The minimum atomic E-state index is -3.42. The molecule has 2 saturated heterocycles. The number of hydrogen-bond acceptors (Lipinski definition) is 9. The van der Waals surface area contributed by atoms with Gasteiger partial charge in [-0.05, 0) is 43.2 Å². The van der Waals surface area contributed by atoms with E-state index in [2.05, 4.69) is 32.2 Å². The van der Waals surface area contributed by atoms with Crippen molar-refractivity contribution in [3.8, 4) is 17.0 Å². The van der Waals surface area contributed by atoms with Gasteiger partial charge in [0.05, 0.1) is 48.3 Å². The topological polar surface area (TPSA) is 101 Å². The van der Waals surface area contributed by atoms with Gasteiger partial charge in [0, 0.05) is 55.8 Å². The Bertz CT molecular complexity index is 1610. The van der Waals surface area contributed by atoms with Gasteiger partial charge in [0.2, 0.25) is 5.95 Å². The Hall–Kier alpha value is -3.67. The van der Waals surface area contributed by atoms with Gasteiger partial charge in [0.15, 0.2) is 9.84 Å². The summed E-state index contributed by atoms with van der Waals surface area (Å²) in [6, 6.07) is 17.4. The number of aromatic nitrogens is 3. The van der Waals surface area contributed by atoms with E-state index >= 15 is 0 Å². The molecule has 0 spiro atoms. The lowest BCUT2D eigenvalue weighted by Gasteiger charge is -2.40. The fraction of sp³-hybridized carbons (Fsp3) is 0.379. The molecule has 11 heteroatoms. The number of sulfone groups is 1. The molecule has 4 aromatic rings. The van der Waals surface area contributed by atoms with Crippen LogP contribution in [0.4, 0.5) is 17.3 Å². The molecule has 2 aromatic heterocycles. The molecule has 0 amide bonds. The third kappa shape index (κ3) is 5.36. The summed E-state index contributed by atoms with van der Waals surface area (Å²) in [7, 11) is -1.76. The van der Waals surface area contributed by atoms with Crippen molar-refractivity contribution in [1.82, 2.24) is 19.5 Å². The highest BCUT2D eigenvalue weighted by Crippen LogP contribution is 2.34. The maximum absolute atomic E-state index is 12.4. The zero-order valence-corrected chi connectivity index (χ0v) is 23.6. The van der Waals surface area contributed by atoms with Gasteiger partial charge in [-0.3, -0.25) is 4.90 Å². The Balaban J connectivity index is 1.22. The van der Waals surface area contributed by atoms with Gasteiger partial charge in [0.1, 0.15) is 5.75 Å². The zero-order valence-electron chi connectivity index (χ0n) is 22.8. The molecule has 40 heavy (non-hydrogen) atoms. The second-order valence-corrected chi connectivity index (χ2v) is 12.3. The van der Waals surface area contributed by atoms with Crippen molar-refractivity contribution in [2.45, 2.75) is 23.8 Å². The highest BCUT2D eigenvalue weighted by molar-refractivity contribution is 7.90. The molecule has 2 aliphatic heterocycles. The number of nitrogens with one attached hydrogen (secondary N) is 1. The van der Waals surface area contributed by atoms with Crippen molar-refractivity contribution in [1.29, 1.82) is 0 Å². The molecule has 0 saturated carbocycles. The highest BCUT2D eigenvalue weighted by Gasteiger charge is 2.26. The minimum absolute atomic E-state index is 0.259. The van der Waals surface area contributed by atoms with E-state index in [-0.39, 0.29) is 4.90 Å². The molecule has 6 rings (SSSR count). The van der Waals surface area contributed by atoms with E-state index in [4.69, 9.17) is 14.6 Å². The smallest absolute Gasteiger partial charge is 0.245 e. The summed E-state index contributed by atoms with van der Waals surface area (Å²) in [4.78, 5) is 9.72. The summed E-state index contributed by atoms with van der Waals surface area (Å²) in [5, 5.41) is 7.98. The largest absolute Gasteiger partial charge is 0.494 e. The van der Waals surface area contributed by atoms with Crippen LogP contribution in [0.5, 0.6) is 5.75 Å². The van der Waals surface area contributed by atoms with Crippen LogP contribution in [-0.4, -0.2) is 86.7 Å². The molecule has 210 valence electrons. The first kappa shape index (κ1) is 26.5. The molecule has 4 heterocycles. The van der Waals surface area contributed by atoms with Crippen LogP contribution in [-0.2, 0) is 14.6 Å². The third-order valence-electron chi connectivity index (χ3n) is 7.78. The van der Waals surface area contributed by atoms with E-state index in [1.807, 2.05) is 24.3 Å². The first-order valence-corrected chi connectivity index (χ1v) is 15.5. The summed E-state index contributed by atoms with van der Waals surface area (Å²) in [5.41, 5.74) is 3.90. The van der Waals surface area contributed by atoms with Crippen molar-refractivity contribution in [2.75, 3.05) is 63.0 Å². The van der Waals surface area contributed by atoms with Gasteiger partial charge < -0.3 is 19.7 Å². The monoisotopic (exact) mass is 562 g/mol. The number of fused-ring (bicyclic) bond motifs is 1. The van der Waals surface area contributed by atoms with E-state index in [0.29, 0.717) is 29.0 Å². The summed E-state index contributed by atoms with van der Waals surface area (Å²) >= 11 is 0. The Morgan fingerprint density at radius 2 is 1.77 bits per heavy atom. The van der Waals surface area contributed by atoms with Gasteiger partial charge in [-0.1, -0.05) is 18.2 Å². The normalized spacial score (nSPS) is 17.3. The highest BCUT2D eigenvalue weighted by atomic mass is 32.2. The fourth-order valence-corrected chi connectivity index (χ4v) is 6.59. The van der Waals surface area contributed by atoms with Crippen LogP contribution >= 0.6 is 0 Å². The molecule has 2 aromatic carbocycles. The summed E-state index contributed by atoms with van der Waals surface area (Å²) in [5.74, 6) is 1.07. The van der Waals surface area contributed by atoms with Crippen molar-refractivity contribution in [3.05, 3.63) is 60.8 Å². The Labute approximate surface area is 234 Å². The van der Waals surface area contributed by atoms with Gasteiger partial charge in [0.25, 0.3) is 0 Å². The Morgan fingerprint density at radius 3 is 2.52 bits per heavy atom. The molecule has 2 aliphatic rings. The van der Waals surface area contributed by atoms with Gasteiger partial charge in [-0.15, -0.1) is 5.10 Å². The van der Waals surface area contributed by atoms with Crippen molar-refractivity contribution in [3.63, 3.8) is 0 Å². The van der Waals surface area contributed by atoms with E-state index in [0.717, 1.165) is 69.1 Å². The van der Waals surface area contributed by atoms with E-state index < -0.39 is 9.84 Å². The molecule has 0 atom stereocenters. The molecule has 1 N–H and O–H groups in total. The number of rotatable bonds is 7.